The van der Waals surface area contributed by atoms with Gasteiger partial charge in [0.1, 0.15) is 17.5 Å². The maximum Gasteiger partial charge on any atom is 0.408 e. The van der Waals surface area contributed by atoms with Crippen molar-refractivity contribution in [2.24, 2.45) is 5.41 Å². The van der Waals surface area contributed by atoms with Crippen molar-refractivity contribution >= 4 is 18.0 Å². The number of hydrogen-bond donors (Lipinski definition) is 1. The van der Waals surface area contributed by atoms with Gasteiger partial charge in [-0.05, 0) is 27.7 Å². The molecule has 184 valence electrons. The first-order valence-corrected chi connectivity index (χ1v) is 11.2. The van der Waals surface area contributed by atoms with E-state index in [1.54, 1.807) is 55.5 Å². The molecule has 1 aromatic rings. The van der Waals surface area contributed by atoms with Crippen LogP contribution in [0.1, 0.15) is 46.1 Å². The Labute approximate surface area is 195 Å². The zero-order valence-corrected chi connectivity index (χ0v) is 20.7. The second-order valence-corrected chi connectivity index (χ2v) is 10.3. The predicted molar refractivity (Wildman–Crippen MR) is 120 cm³/mol. The van der Waals surface area contributed by atoms with Gasteiger partial charge in [0.15, 0.2) is 0 Å². The van der Waals surface area contributed by atoms with Crippen LogP contribution >= 0.6 is 0 Å². The first kappa shape index (κ1) is 25.0. The van der Waals surface area contributed by atoms with Gasteiger partial charge in [0, 0.05) is 38.7 Å². The molecule has 0 radical (unpaired) electrons. The molecule has 1 fully saturated rings. The summed E-state index contributed by atoms with van der Waals surface area (Å²) in [4.78, 5) is 44.7. The first-order chi connectivity index (χ1) is 15.3. The van der Waals surface area contributed by atoms with E-state index >= 15 is 0 Å². The van der Waals surface area contributed by atoms with E-state index in [9.17, 15) is 14.4 Å². The molecule has 1 atom stereocenters. The third-order valence-corrected chi connectivity index (χ3v) is 5.85. The third-order valence-electron chi connectivity index (χ3n) is 5.85. The minimum absolute atomic E-state index is 0.120. The molecule has 0 aromatic carbocycles. The summed E-state index contributed by atoms with van der Waals surface area (Å²) >= 11 is 0. The Hall–Kier alpha value is -2.66. The number of ether oxygens (including phenoxy) is 2. The fraction of sp³-hybridized carbons (Fsp3) is 0.727. The number of aromatic nitrogens is 2. The van der Waals surface area contributed by atoms with Crippen LogP contribution in [0.4, 0.5) is 9.59 Å². The van der Waals surface area contributed by atoms with Crippen molar-refractivity contribution in [1.82, 2.24) is 29.8 Å². The number of nitrogens with zero attached hydrogens (tertiary/aromatic N) is 5. The van der Waals surface area contributed by atoms with Crippen molar-refractivity contribution in [3.8, 4) is 0 Å². The van der Waals surface area contributed by atoms with Crippen molar-refractivity contribution in [3.05, 3.63) is 17.7 Å². The van der Waals surface area contributed by atoms with Gasteiger partial charge in [-0.1, -0.05) is 13.8 Å². The summed E-state index contributed by atoms with van der Waals surface area (Å²) in [6.07, 6.45) is 1.08. The molecular weight excluding hydrogens is 428 g/mol. The molecular formula is C22H36N6O5. The van der Waals surface area contributed by atoms with Crippen LogP contribution in [0.25, 0.3) is 0 Å². The highest BCUT2D eigenvalue weighted by Gasteiger charge is 2.42. The topological polar surface area (TPSA) is 109 Å². The van der Waals surface area contributed by atoms with Crippen molar-refractivity contribution < 1.29 is 23.9 Å². The van der Waals surface area contributed by atoms with Gasteiger partial charge >= 0.3 is 12.1 Å². The van der Waals surface area contributed by atoms with Crippen LogP contribution in [0.15, 0.2) is 6.20 Å². The minimum Gasteiger partial charge on any atom is -0.444 e. The predicted octanol–water partition coefficient (Wildman–Crippen LogP) is 1.60. The molecule has 1 saturated heterocycles. The lowest BCUT2D eigenvalue weighted by atomic mass is 9.84. The monoisotopic (exact) mass is 464 g/mol. The van der Waals surface area contributed by atoms with Crippen molar-refractivity contribution in [3.63, 3.8) is 0 Å². The molecule has 1 aromatic heterocycles. The van der Waals surface area contributed by atoms with E-state index in [0.717, 1.165) is 5.69 Å². The molecule has 3 heterocycles. The fourth-order valence-corrected chi connectivity index (χ4v) is 4.23. The smallest absolute Gasteiger partial charge is 0.408 e. The fourth-order valence-electron chi connectivity index (χ4n) is 4.23. The Balaban J connectivity index is 1.65. The number of hydrazine groups is 1. The highest BCUT2D eigenvalue weighted by molar-refractivity contribution is 5.87. The van der Waals surface area contributed by atoms with Crippen LogP contribution < -0.4 is 5.32 Å². The zero-order chi connectivity index (χ0) is 24.6. The van der Waals surface area contributed by atoms with Gasteiger partial charge in [0.25, 0.3) is 0 Å². The van der Waals surface area contributed by atoms with E-state index in [0.29, 0.717) is 38.5 Å². The number of carbonyl (C=O) groups is 3. The number of alkyl carbamates (subject to hydrolysis) is 1. The quantitative estimate of drug-likeness (QED) is 0.681. The number of amides is 3. The normalized spacial score (nSPS) is 18.3. The van der Waals surface area contributed by atoms with Crippen LogP contribution in [0.5, 0.6) is 0 Å². The lowest BCUT2D eigenvalue weighted by Crippen LogP contribution is -2.61. The van der Waals surface area contributed by atoms with Gasteiger partial charge < -0.3 is 19.7 Å². The average Bonchev–Trinajstić information content (AvgIpc) is 3.24. The van der Waals surface area contributed by atoms with E-state index in [-0.39, 0.29) is 18.5 Å². The van der Waals surface area contributed by atoms with Crippen LogP contribution in [0.2, 0.25) is 0 Å². The maximum atomic E-state index is 13.5. The number of hydrogen-bond acceptors (Lipinski definition) is 7. The highest BCUT2D eigenvalue weighted by Crippen LogP contribution is 2.25. The number of carbonyl (C=O) groups excluding carboxylic acids is 3. The second kappa shape index (κ2) is 9.30. The number of rotatable bonds is 6. The van der Waals surface area contributed by atoms with Gasteiger partial charge in [0.05, 0.1) is 25.0 Å². The summed E-state index contributed by atoms with van der Waals surface area (Å²) in [5.74, 6) is 0.476. The molecule has 2 aliphatic heterocycles. The van der Waals surface area contributed by atoms with Gasteiger partial charge in [-0.2, -0.15) is 0 Å². The molecule has 33 heavy (non-hydrogen) atoms. The lowest BCUT2D eigenvalue weighted by molar-refractivity contribution is -0.141. The SMILES string of the molecule is COCC(C)(C)C(NC(=O)OC(C)(C)C)C(=O)N1CCN(N2Cc3cnc(C)n3C2=O)CC1. The molecule has 11 heteroatoms. The van der Waals surface area contributed by atoms with Gasteiger partial charge in [-0.25, -0.2) is 24.1 Å². The Morgan fingerprint density at radius 2 is 1.79 bits per heavy atom. The Bertz CT molecular complexity index is 898. The number of fused-ring (bicyclic) bond motifs is 1. The van der Waals surface area contributed by atoms with Gasteiger partial charge in [-0.3, -0.25) is 9.80 Å². The summed E-state index contributed by atoms with van der Waals surface area (Å²) in [7, 11) is 1.57. The Kier molecular flexibility index (Phi) is 7.04. The van der Waals surface area contributed by atoms with Gasteiger partial charge in [-0.15, -0.1) is 0 Å². The minimum atomic E-state index is -0.818. The largest absolute Gasteiger partial charge is 0.444 e. The van der Waals surface area contributed by atoms with Crippen LogP contribution in [0, 0.1) is 12.3 Å². The standard InChI is InChI=1S/C22H36N6O5/c1-15-23-12-16-13-27(20(31)28(15)16)26-10-8-25(9-11-26)18(29)17(22(5,6)14-32-7)24-19(30)33-21(2,3)4/h12,17H,8-11,13-14H2,1-7H3,(H,24,30). The summed E-state index contributed by atoms with van der Waals surface area (Å²) in [6, 6.07) is -0.938. The molecule has 3 amide bonds. The Morgan fingerprint density at radius 1 is 1.15 bits per heavy atom. The number of piperazine rings is 1. The number of methoxy groups -OCH3 is 1. The number of nitrogens with one attached hydrogen (secondary N) is 1. The zero-order valence-electron chi connectivity index (χ0n) is 20.7. The molecule has 0 saturated carbocycles. The third kappa shape index (κ3) is 5.47. The molecule has 0 aliphatic carbocycles. The lowest BCUT2D eigenvalue weighted by Gasteiger charge is -2.42. The summed E-state index contributed by atoms with van der Waals surface area (Å²) in [5.41, 5.74) is -0.471. The van der Waals surface area contributed by atoms with Crippen molar-refractivity contribution in [2.45, 2.75) is 59.7 Å². The summed E-state index contributed by atoms with van der Waals surface area (Å²) in [5, 5.41) is 6.44. The maximum absolute atomic E-state index is 13.5. The Morgan fingerprint density at radius 3 is 2.33 bits per heavy atom. The van der Waals surface area contributed by atoms with E-state index in [1.807, 2.05) is 18.9 Å². The number of imidazole rings is 1. The van der Waals surface area contributed by atoms with Crippen LogP contribution in [0.3, 0.4) is 0 Å². The summed E-state index contributed by atoms with van der Waals surface area (Å²) in [6.45, 7) is 13.5. The molecule has 11 nitrogen and oxygen atoms in total. The van der Waals surface area contributed by atoms with E-state index in [2.05, 4.69) is 10.3 Å². The average molecular weight is 465 g/mol. The molecule has 1 unspecified atom stereocenters. The molecule has 2 aliphatic rings. The second-order valence-electron chi connectivity index (χ2n) is 10.3. The van der Waals surface area contributed by atoms with E-state index in [4.69, 9.17) is 9.47 Å². The molecule has 0 bridgehead atoms. The molecule has 3 rings (SSSR count). The molecule has 0 spiro atoms. The van der Waals surface area contributed by atoms with Crippen LogP contribution in [-0.4, -0.2) is 94.0 Å². The number of aryl methyl sites for hydroxylation is 1. The molecule has 1 N–H and O–H groups in total. The first-order valence-electron chi connectivity index (χ1n) is 11.2. The van der Waals surface area contributed by atoms with Crippen LogP contribution in [-0.2, 0) is 20.8 Å². The van der Waals surface area contributed by atoms with Gasteiger partial charge in [0.2, 0.25) is 5.91 Å². The summed E-state index contributed by atoms with van der Waals surface area (Å²) < 4.78 is 12.3. The van der Waals surface area contributed by atoms with E-state index in [1.165, 1.54) is 0 Å². The van der Waals surface area contributed by atoms with Crippen molar-refractivity contribution in [2.75, 3.05) is 39.9 Å². The highest BCUT2D eigenvalue weighted by atomic mass is 16.6. The van der Waals surface area contributed by atoms with Crippen molar-refractivity contribution in [1.29, 1.82) is 0 Å². The van der Waals surface area contributed by atoms with E-state index < -0.39 is 23.2 Å².